The molecular weight excluding hydrogens is 389 g/mol. The molecule has 2 amide bonds. The molecule has 2 N–H and O–H groups in total. The number of hydrogen-bond acceptors (Lipinski definition) is 5. The number of hydrogen-bond donors (Lipinski definition) is 2. The fourth-order valence-electron chi connectivity index (χ4n) is 3.05. The molecule has 0 saturated heterocycles. The van der Waals surface area contributed by atoms with Crippen molar-refractivity contribution in [3.05, 3.63) is 36.3 Å². The molecule has 0 radical (unpaired) electrons. The van der Waals surface area contributed by atoms with Crippen LogP contribution in [0.5, 0.6) is 0 Å². The predicted molar refractivity (Wildman–Crippen MR) is 105 cm³/mol. The third-order valence-electron chi connectivity index (χ3n) is 4.34. The summed E-state index contributed by atoms with van der Waals surface area (Å²) in [7, 11) is 0. The van der Waals surface area contributed by atoms with Crippen molar-refractivity contribution < 1.29 is 19.1 Å². The number of urea groups is 1. The Hall–Kier alpha value is -2.13. The van der Waals surface area contributed by atoms with Gasteiger partial charge in [0.15, 0.2) is 5.13 Å². The Morgan fingerprint density at radius 3 is 2.67 bits per heavy atom. The van der Waals surface area contributed by atoms with Gasteiger partial charge in [-0.2, -0.15) is 0 Å². The first-order valence-corrected chi connectivity index (χ1v) is 10.5. The largest absolute Gasteiger partial charge is 0.481 e. The Labute approximate surface area is 164 Å². The zero-order valence-electron chi connectivity index (χ0n) is 14.6. The number of carboxylic acid groups (broad SMARTS) is 1. The normalized spacial score (nSPS) is 14.3. The van der Waals surface area contributed by atoms with Crippen LogP contribution in [-0.2, 0) is 4.79 Å². The summed E-state index contributed by atoms with van der Waals surface area (Å²) in [5.74, 6) is -0.879. The summed E-state index contributed by atoms with van der Waals surface area (Å²) >= 11 is 2.39. The number of anilines is 2. The molecule has 1 fully saturated rings. The van der Waals surface area contributed by atoms with E-state index in [1.807, 2.05) is 0 Å². The van der Waals surface area contributed by atoms with Crippen molar-refractivity contribution in [2.24, 2.45) is 5.92 Å². The first-order chi connectivity index (χ1) is 13.0. The fraction of sp³-hybridized carbons (Fsp3) is 0.389. The number of aliphatic carboxylic acids is 1. The Kier molecular flexibility index (Phi) is 6.68. The highest BCUT2D eigenvalue weighted by molar-refractivity contribution is 8.01. The SMILES string of the molecule is O=C(O)CSc1cnc(NC(=O)N(CC2CCCC2)c2ccc(F)cc2)s1. The molecule has 0 atom stereocenters. The van der Waals surface area contributed by atoms with Gasteiger partial charge in [0.1, 0.15) is 5.82 Å². The Morgan fingerprint density at radius 1 is 1.30 bits per heavy atom. The summed E-state index contributed by atoms with van der Waals surface area (Å²) in [4.78, 5) is 29.3. The van der Waals surface area contributed by atoms with Crippen LogP contribution < -0.4 is 10.2 Å². The van der Waals surface area contributed by atoms with Gasteiger partial charge in [-0.25, -0.2) is 14.2 Å². The number of thiazole rings is 1. The van der Waals surface area contributed by atoms with E-state index in [4.69, 9.17) is 5.11 Å². The van der Waals surface area contributed by atoms with Crippen molar-refractivity contribution in [1.29, 1.82) is 0 Å². The summed E-state index contributed by atoms with van der Waals surface area (Å²) in [6, 6.07) is 5.56. The van der Waals surface area contributed by atoms with E-state index in [2.05, 4.69) is 10.3 Å². The highest BCUT2D eigenvalue weighted by Crippen LogP contribution is 2.30. The van der Waals surface area contributed by atoms with Crippen LogP contribution in [-0.4, -0.2) is 34.4 Å². The van der Waals surface area contributed by atoms with Gasteiger partial charge in [0.05, 0.1) is 16.2 Å². The van der Waals surface area contributed by atoms with Gasteiger partial charge in [-0.15, -0.1) is 11.8 Å². The number of aromatic nitrogens is 1. The molecule has 0 unspecified atom stereocenters. The maximum Gasteiger partial charge on any atom is 0.328 e. The van der Waals surface area contributed by atoms with Gasteiger partial charge in [0.25, 0.3) is 0 Å². The quantitative estimate of drug-likeness (QED) is 0.649. The molecule has 27 heavy (non-hydrogen) atoms. The smallest absolute Gasteiger partial charge is 0.328 e. The molecule has 0 bridgehead atoms. The minimum Gasteiger partial charge on any atom is -0.481 e. The summed E-state index contributed by atoms with van der Waals surface area (Å²) < 4.78 is 14.0. The maximum absolute atomic E-state index is 13.3. The van der Waals surface area contributed by atoms with Crippen LogP contribution in [0.1, 0.15) is 25.7 Å². The van der Waals surface area contributed by atoms with Crippen molar-refractivity contribution >= 4 is 45.9 Å². The third kappa shape index (κ3) is 5.67. The summed E-state index contributed by atoms with van der Waals surface area (Å²) in [5.41, 5.74) is 0.637. The second kappa shape index (κ2) is 9.18. The Balaban J connectivity index is 1.70. The fourth-order valence-corrected chi connectivity index (χ4v) is 4.64. The number of carbonyl (C=O) groups is 2. The average Bonchev–Trinajstić information content (AvgIpc) is 3.30. The number of benzene rings is 1. The molecule has 1 saturated carbocycles. The van der Waals surface area contributed by atoms with Gasteiger partial charge in [-0.3, -0.25) is 15.0 Å². The zero-order valence-corrected chi connectivity index (χ0v) is 16.2. The van der Waals surface area contributed by atoms with E-state index in [1.165, 1.54) is 36.3 Å². The monoisotopic (exact) mass is 409 g/mol. The molecule has 1 heterocycles. The van der Waals surface area contributed by atoms with E-state index in [1.54, 1.807) is 23.2 Å². The molecule has 9 heteroatoms. The highest BCUT2D eigenvalue weighted by Gasteiger charge is 2.24. The molecule has 1 aromatic heterocycles. The van der Waals surface area contributed by atoms with E-state index < -0.39 is 5.97 Å². The summed E-state index contributed by atoms with van der Waals surface area (Å²) in [5, 5.41) is 11.9. The van der Waals surface area contributed by atoms with Gasteiger partial charge in [-0.1, -0.05) is 24.2 Å². The summed E-state index contributed by atoms with van der Waals surface area (Å²) in [6.45, 7) is 0.573. The number of thioether (sulfide) groups is 1. The van der Waals surface area contributed by atoms with Gasteiger partial charge in [-0.05, 0) is 43.0 Å². The Bertz CT molecular complexity index is 791. The van der Waals surface area contributed by atoms with E-state index >= 15 is 0 Å². The van der Waals surface area contributed by atoms with Gasteiger partial charge in [0, 0.05) is 12.2 Å². The predicted octanol–water partition coefficient (Wildman–Crippen LogP) is 4.69. The summed E-state index contributed by atoms with van der Waals surface area (Å²) in [6.07, 6.45) is 6.05. The number of carboxylic acids is 1. The Morgan fingerprint density at radius 2 is 2.00 bits per heavy atom. The van der Waals surface area contributed by atoms with E-state index in [-0.39, 0.29) is 17.6 Å². The van der Waals surface area contributed by atoms with Crippen molar-refractivity contribution in [2.75, 3.05) is 22.5 Å². The standard InChI is InChI=1S/C18H20FN3O3S2/c19-13-5-7-14(8-6-13)22(10-12-3-1-2-4-12)18(25)21-17-20-9-16(27-17)26-11-15(23)24/h5-9,12H,1-4,10-11H2,(H,23,24)(H,20,21,25). The minimum absolute atomic E-state index is 0.0566. The maximum atomic E-state index is 13.3. The molecule has 144 valence electrons. The van der Waals surface area contributed by atoms with Crippen molar-refractivity contribution in [3.8, 4) is 0 Å². The van der Waals surface area contributed by atoms with Crippen molar-refractivity contribution in [3.63, 3.8) is 0 Å². The number of rotatable bonds is 7. The van der Waals surface area contributed by atoms with Gasteiger partial charge >= 0.3 is 12.0 Å². The average molecular weight is 410 g/mol. The van der Waals surface area contributed by atoms with Crippen molar-refractivity contribution in [2.45, 2.75) is 29.9 Å². The number of amides is 2. The lowest BCUT2D eigenvalue weighted by molar-refractivity contribution is -0.133. The molecule has 0 spiro atoms. The van der Waals surface area contributed by atoms with Gasteiger partial charge < -0.3 is 5.11 Å². The van der Waals surface area contributed by atoms with E-state index in [0.29, 0.717) is 23.3 Å². The molecule has 6 nitrogen and oxygen atoms in total. The van der Waals surface area contributed by atoms with Crippen LogP contribution in [0.15, 0.2) is 34.7 Å². The molecule has 0 aliphatic heterocycles. The second-order valence-electron chi connectivity index (χ2n) is 6.33. The lowest BCUT2D eigenvalue weighted by Crippen LogP contribution is -2.38. The van der Waals surface area contributed by atoms with Crippen LogP contribution in [0.4, 0.5) is 20.0 Å². The van der Waals surface area contributed by atoms with E-state index in [9.17, 15) is 14.0 Å². The second-order valence-corrected chi connectivity index (χ2v) is 8.64. The lowest BCUT2D eigenvalue weighted by atomic mass is 10.1. The number of nitrogens with zero attached hydrogens (tertiary/aromatic N) is 2. The molecule has 1 aromatic carbocycles. The van der Waals surface area contributed by atoms with Crippen molar-refractivity contribution in [1.82, 2.24) is 4.98 Å². The molecule has 1 aliphatic rings. The van der Waals surface area contributed by atoms with E-state index in [0.717, 1.165) is 28.8 Å². The zero-order chi connectivity index (χ0) is 19.2. The minimum atomic E-state index is -0.905. The third-order valence-corrected chi connectivity index (χ3v) is 6.43. The first kappa shape index (κ1) is 19.6. The van der Waals surface area contributed by atoms with Crippen LogP contribution in [0.25, 0.3) is 0 Å². The number of carbonyl (C=O) groups excluding carboxylic acids is 1. The van der Waals surface area contributed by atoms with Crippen LogP contribution in [0.2, 0.25) is 0 Å². The molecule has 1 aliphatic carbocycles. The van der Waals surface area contributed by atoms with Crippen LogP contribution in [0.3, 0.4) is 0 Å². The molecule has 2 aromatic rings. The number of halogens is 1. The van der Waals surface area contributed by atoms with Gasteiger partial charge in [0.2, 0.25) is 0 Å². The molecule has 3 rings (SSSR count). The topological polar surface area (TPSA) is 82.5 Å². The highest BCUT2D eigenvalue weighted by atomic mass is 32.2. The first-order valence-electron chi connectivity index (χ1n) is 8.66. The lowest BCUT2D eigenvalue weighted by Gasteiger charge is -2.25. The number of nitrogens with one attached hydrogen (secondary N) is 1. The molecular formula is C18H20FN3O3S2. The van der Waals surface area contributed by atoms with Crippen LogP contribution in [0, 0.1) is 11.7 Å². The van der Waals surface area contributed by atoms with Crippen LogP contribution >= 0.6 is 23.1 Å².